The predicted molar refractivity (Wildman–Crippen MR) is 71.9 cm³/mol. The molecular formula is C13H10NaO4S. The molecule has 4 nitrogen and oxygen atoms in total. The summed E-state index contributed by atoms with van der Waals surface area (Å²) in [7, 11) is -4.29. The van der Waals surface area contributed by atoms with Crippen LogP contribution in [0.25, 0.3) is 0 Å². The van der Waals surface area contributed by atoms with E-state index in [2.05, 4.69) is 0 Å². The largest absolute Gasteiger partial charge is 0.294 e. The second-order valence-electron chi connectivity index (χ2n) is 3.70. The van der Waals surface area contributed by atoms with Crippen LogP contribution in [0.5, 0.6) is 0 Å². The second kappa shape index (κ2) is 6.45. The zero-order valence-electron chi connectivity index (χ0n) is 10.3. The van der Waals surface area contributed by atoms with Crippen LogP contribution >= 0.6 is 0 Å². The third-order valence-corrected chi connectivity index (χ3v) is 3.28. The minimum absolute atomic E-state index is 0. The molecule has 1 N–H and O–H groups in total. The minimum atomic E-state index is -4.29. The van der Waals surface area contributed by atoms with E-state index in [0.29, 0.717) is 5.56 Å². The summed E-state index contributed by atoms with van der Waals surface area (Å²) in [6.45, 7) is 0. The van der Waals surface area contributed by atoms with E-state index in [9.17, 15) is 13.2 Å². The van der Waals surface area contributed by atoms with Gasteiger partial charge >= 0.3 is 0 Å². The SMILES string of the molecule is O=C(c1ccccc1)c1cccc(S(=O)(=O)O)c1.[Na]. The van der Waals surface area contributed by atoms with E-state index < -0.39 is 10.1 Å². The average Bonchev–Trinajstić information content (AvgIpc) is 2.38. The van der Waals surface area contributed by atoms with Crippen molar-refractivity contribution < 1.29 is 17.8 Å². The molecule has 0 saturated heterocycles. The van der Waals surface area contributed by atoms with Crippen LogP contribution in [-0.2, 0) is 10.1 Å². The average molecular weight is 285 g/mol. The molecule has 0 spiro atoms. The van der Waals surface area contributed by atoms with Gasteiger partial charge in [-0.1, -0.05) is 42.5 Å². The van der Waals surface area contributed by atoms with Crippen molar-refractivity contribution in [3.8, 4) is 0 Å². The van der Waals surface area contributed by atoms with Gasteiger partial charge in [-0.05, 0) is 12.1 Å². The quantitative estimate of drug-likeness (QED) is 0.530. The van der Waals surface area contributed by atoms with Gasteiger partial charge in [0.2, 0.25) is 0 Å². The molecule has 0 aliphatic rings. The zero-order valence-corrected chi connectivity index (χ0v) is 13.1. The van der Waals surface area contributed by atoms with Crippen LogP contribution in [0, 0.1) is 0 Å². The van der Waals surface area contributed by atoms with Crippen LogP contribution in [0.15, 0.2) is 59.5 Å². The second-order valence-corrected chi connectivity index (χ2v) is 5.12. The van der Waals surface area contributed by atoms with E-state index in [0.717, 1.165) is 6.07 Å². The van der Waals surface area contributed by atoms with Crippen molar-refractivity contribution in [1.82, 2.24) is 0 Å². The summed E-state index contributed by atoms with van der Waals surface area (Å²) in [5.74, 6) is -0.291. The zero-order chi connectivity index (χ0) is 13.2. The Morgan fingerprint density at radius 2 is 1.47 bits per heavy atom. The van der Waals surface area contributed by atoms with Gasteiger partial charge in [0.15, 0.2) is 5.78 Å². The Balaban J connectivity index is 0.00000180. The van der Waals surface area contributed by atoms with E-state index in [1.165, 1.54) is 18.2 Å². The van der Waals surface area contributed by atoms with Crippen LogP contribution < -0.4 is 0 Å². The molecule has 0 heterocycles. The van der Waals surface area contributed by atoms with Crippen LogP contribution in [0.2, 0.25) is 0 Å². The van der Waals surface area contributed by atoms with Crippen LogP contribution in [-0.4, -0.2) is 48.3 Å². The minimum Gasteiger partial charge on any atom is -0.289 e. The molecule has 93 valence electrons. The van der Waals surface area contributed by atoms with Crippen molar-refractivity contribution >= 4 is 45.5 Å². The Labute approximate surface area is 133 Å². The molecule has 1 radical (unpaired) electrons. The molecule has 0 fully saturated rings. The molecule has 0 atom stereocenters. The predicted octanol–water partition coefficient (Wildman–Crippen LogP) is 1.78. The first-order valence-electron chi connectivity index (χ1n) is 5.16. The van der Waals surface area contributed by atoms with Gasteiger partial charge in [-0.25, -0.2) is 0 Å². The Kier molecular flexibility index (Phi) is 5.46. The molecule has 2 rings (SSSR count). The summed E-state index contributed by atoms with van der Waals surface area (Å²) < 4.78 is 30.9. The standard InChI is InChI=1S/C13H10O4S.Na/c14-13(10-5-2-1-3-6-10)11-7-4-8-12(9-11)18(15,16)17;/h1-9H,(H,15,16,17);. The van der Waals surface area contributed by atoms with Crippen molar-refractivity contribution in [1.29, 1.82) is 0 Å². The third-order valence-electron chi connectivity index (χ3n) is 2.43. The molecule has 6 heteroatoms. The first kappa shape index (κ1) is 16.1. The van der Waals surface area contributed by atoms with Gasteiger partial charge in [-0.15, -0.1) is 0 Å². The summed E-state index contributed by atoms with van der Waals surface area (Å²) >= 11 is 0. The van der Waals surface area contributed by atoms with Gasteiger partial charge in [0, 0.05) is 40.7 Å². The third kappa shape index (κ3) is 3.99. The maximum atomic E-state index is 12.0. The maximum Gasteiger partial charge on any atom is 0.294 e. The fraction of sp³-hybridized carbons (Fsp3) is 0. The number of rotatable bonds is 3. The van der Waals surface area contributed by atoms with Gasteiger partial charge in [-0.2, -0.15) is 8.42 Å². The van der Waals surface area contributed by atoms with Crippen molar-refractivity contribution in [2.75, 3.05) is 0 Å². The Hall–Kier alpha value is -0.980. The molecule has 0 unspecified atom stereocenters. The van der Waals surface area contributed by atoms with Crippen LogP contribution in [0.1, 0.15) is 15.9 Å². The van der Waals surface area contributed by atoms with E-state index in [-0.39, 0.29) is 45.8 Å². The van der Waals surface area contributed by atoms with E-state index >= 15 is 0 Å². The molecular weight excluding hydrogens is 275 g/mol. The summed E-state index contributed by atoms with van der Waals surface area (Å²) in [4.78, 5) is 11.8. The topological polar surface area (TPSA) is 71.4 Å². The molecule has 0 aromatic heterocycles. The summed E-state index contributed by atoms with van der Waals surface area (Å²) in [5, 5.41) is 0. The van der Waals surface area contributed by atoms with Crippen molar-refractivity contribution in [2.45, 2.75) is 4.90 Å². The van der Waals surface area contributed by atoms with Gasteiger partial charge in [0.25, 0.3) is 10.1 Å². The van der Waals surface area contributed by atoms with Crippen molar-refractivity contribution in [3.05, 3.63) is 65.7 Å². The van der Waals surface area contributed by atoms with Crippen LogP contribution in [0.4, 0.5) is 0 Å². The maximum absolute atomic E-state index is 12.0. The first-order valence-corrected chi connectivity index (χ1v) is 6.60. The summed E-state index contributed by atoms with van der Waals surface area (Å²) in [6, 6.07) is 13.8. The van der Waals surface area contributed by atoms with Gasteiger partial charge in [0.05, 0.1) is 4.90 Å². The number of hydrogen-bond donors (Lipinski definition) is 1. The number of carbonyl (C=O) groups excluding carboxylic acids is 1. The molecule has 0 aliphatic heterocycles. The van der Waals surface area contributed by atoms with Crippen molar-refractivity contribution in [3.63, 3.8) is 0 Å². The molecule has 19 heavy (non-hydrogen) atoms. The molecule has 0 amide bonds. The fourth-order valence-corrected chi connectivity index (χ4v) is 2.08. The van der Waals surface area contributed by atoms with Gasteiger partial charge in [-0.3, -0.25) is 9.35 Å². The normalized spacial score (nSPS) is 10.6. The monoisotopic (exact) mass is 285 g/mol. The van der Waals surface area contributed by atoms with E-state index in [1.807, 2.05) is 0 Å². The van der Waals surface area contributed by atoms with Gasteiger partial charge in [0.1, 0.15) is 0 Å². The fourth-order valence-electron chi connectivity index (χ4n) is 1.55. The summed E-state index contributed by atoms with van der Waals surface area (Å²) in [5.41, 5.74) is 0.682. The van der Waals surface area contributed by atoms with E-state index in [4.69, 9.17) is 4.55 Å². The Morgan fingerprint density at radius 1 is 0.895 bits per heavy atom. The first-order chi connectivity index (χ1) is 8.48. The van der Waals surface area contributed by atoms with Gasteiger partial charge < -0.3 is 0 Å². The van der Waals surface area contributed by atoms with E-state index in [1.54, 1.807) is 30.3 Å². The number of ketones is 1. The molecule has 0 bridgehead atoms. The Bertz CT molecular complexity index is 681. The summed E-state index contributed by atoms with van der Waals surface area (Å²) in [6.07, 6.45) is 0. The number of benzene rings is 2. The molecule has 0 aliphatic carbocycles. The number of hydrogen-bond acceptors (Lipinski definition) is 3. The number of carbonyl (C=O) groups is 1. The van der Waals surface area contributed by atoms with Crippen molar-refractivity contribution in [2.24, 2.45) is 0 Å². The van der Waals surface area contributed by atoms with Crippen LogP contribution in [0.3, 0.4) is 0 Å². The smallest absolute Gasteiger partial charge is 0.289 e. The molecule has 2 aromatic carbocycles. The Morgan fingerprint density at radius 3 is 2.05 bits per heavy atom. The molecule has 0 saturated carbocycles. The molecule has 2 aromatic rings.